The Kier molecular flexibility index (Phi) is 5.59. The molecule has 4 heteroatoms. The van der Waals surface area contributed by atoms with E-state index in [-0.39, 0.29) is 0 Å². The lowest BCUT2D eigenvalue weighted by Gasteiger charge is -2.29. The maximum Gasteiger partial charge on any atom is 0.0544 e. The minimum Gasteiger partial charge on any atom is -0.299 e. The summed E-state index contributed by atoms with van der Waals surface area (Å²) in [6, 6.07) is 11.3. The Labute approximate surface area is 137 Å². The summed E-state index contributed by atoms with van der Waals surface area (Å²) in [7, 11) is 0. The third kappa shape index (κ3) is 4.15. The largest absolute Gasteiger partial charge is 0.299 e. The molecule has 0 N–H and O–H groups in total. The van der Waals surface area contributed by atoms with Gasteiger partial charge in [-0.05, 0) is 49.5 Å². The average Bonchev–Trinajstić information content (AvgIpc) is 3.20. The van der Waals surface area contributed by atoms with Gasteiger partial charge in [-0.3, -0.25) is 14.8 Å². The normalized spacial score (nSPS) is 19.1. The fourth-order valence-corrected chi connectivity index (χ4v) is 4.09. The number of pyridine rings is 1. The van der Waals surface area contributed by atoms with Gasteiger partial charge in [-0.25, -0.2) is 0 Å². The van der Waals surface area contributed by atoms with Crippen LogP contribution in [0.5, 0.6) is 0 Å². The first-order chi connectivity index (χ1) is 10.8. The van der Waals surface area contributed by atoms with Crippen molar-refractivity contribution in [2.45, 2.75) is 38.9 Å². The van der Waals surface area contributed by atoms with Gasteiger partial charge >= 0.3 is 0 Å². The summed E-state index contributed by atoms with van der Waals surface area (Å²) in [4.78, 5) is 11.1. The van der Waals surface area contributed by atoms with Crippen molar-refractivity contribution < 1.29 is 0 Å². The summed E-state index contributed by atoms with van der Waals surface area (Å²) in [5.41, 5.74) is 1.17. The first-order valence-corrected chi connectivity index (χ1v) is 9.12. The van der Waals surface area contributed by atoms with Crippen LogP contribution in [-0.2, 0) is 13.1 Å². The van der Waals surface area contributed by atoms with Crippen LogP contribution in [0, 0.1) is 0 Å². The van der Waals surface area contributed by atoms with E-state index in [0.717, 1.165) is 19.6 Å². The van der Waals surface area contributed by atoms with Gasteiger partial charge in [0.15, 0.2) is 0 Å². The van der Waals surface area contributed by atoms with Crippen molar-refractivity contribution in [3.63, 3.8) is 0 Å². The van der Waals surface area contributed by atoms with Crippen LogP contribution in [0.3, 0.4) is 0 Å². The van der Waals surface area contributed by atoms with Gasteiger partial charge in [-0.1, -0.05) is 19.1 Å². The van der Waals surface area contributed by atoms with E-state index in [1.165, 1.54) is 36.5 Å². The van der Waals surface area contributed by atoms with Gasteiger partial charge in [0.05, 0.1) is 5.69 Å². The molecule has 1 unspecified atom stereocenters. The van der Waals surface area contributed by atoms with Gasteiger partial charge in [0, 0.05) is 36.8 Å². The number of aromatic nitrogens is 1. The molecule has 118 valence electrons. The van der Waals surface area contributed by atoms with Crippen LogP contribution in [0.25, 0.3) is 0 Å². The number of likely N-dealkylation sites (N-methyl/N-ethyl adjacent to an activating group) is 1. The molecule has 3 rings (SSSR count). The molecular weight excluding hydrogens is 290 g/mol. The molecule has 0 saturated carbocycles. The van der Waals surface area contributed by atoms with Gasteiger partial charge in [-0.2, -0.15) is 0 Å². The summed E-state index contributed by atoms with van der Waals surface area (Å²) in [5, 5.41) is 2.17. The lowest BCUT2D eigenvalue weighted by molar-refractivity contribution is 0.165. The molecule has 1 atom stereocenters. The van der Waals surface area contributed by atoms with Gasteiger partial charge in [0.2, 0.25) is 0 Å². The minimum absolute atomic E-state index is 0.702. The predicted molar refractivity (Wildman–Crippen MR) is 92.9 cm³/mol. The summed E-state index contributed by atoms with van der Waals surface area (Å²) in [6.07, 6.45) is 4.57. The number of nitrogens with zero attached hydrogens (tertiary/aromatic N) is 3. The second-order valence-corrected chi connectivity index (χ2v) is 7.03. The van der Waals surface area contributed by atoms with Crippen LogP contribution in [-0.4, -0.2) is 40.5 Å². The topological polar surface area (TPSA) is 19.4 Å². The highest BCUT2D eigenvalue weighted by Crippen LogP contribution is 2.20. The maximum absolute atomic E-state index is 4.51. The second-order valence-electron chi connectivity index (χ2n) is 5.99. The summed E-state index contributed by atoms with van der Waals surface area (Å²) in [6.45, 7) is 7.82. The van der Waals surface area contributed by atoms with Gasteiger partial charge < -0.3 is 0 Å². The first-order valence-electron chi connectivity index (χ1n) is 8.24. The first kappa shape index (κ1) is 15.7. The third-order valence-electron chi connectivity index (χ3n) is 4.45. The van der Waals surface area contributed by atoms with Crippen molar-refractivity contribution in [3.05, 3.63) is 52.5 Å². The second kappa shape index (κ2) is 7.86. The van der Waals surface area contributed by atoms with Crippen molar-refractivity contribution in [2.75, 3.05) is 19.6 Å². The molecule has 1 saturated heterocycles. The molecule has 0 spiro atoms. The van der Waals surface area contributed by atoms with Crippen LogP contribution in [0.2, 0.25) is 0 Å². The molecule has 0 radical (unpaired) electrons. The average molecular weight is 315 g/mol. The van der Waals surface area contributed by atoms with Crippen molar-refractivity contribution in [1.82, 2.24) is 14.8 Å². The smallest absolute Gasteiger partial charge is 0.0544 e. The van der Waals surface area contributed by atoms with E-state index in [0.29, 0.717) is 6.04 Å². The van der Waals surface area contributed by atoms with Gasteiger partial charge in [-0.15, -0.1) is 11.3 Å². The Bertz CT molecular complexity index is 541. The van der Waals surface area contributed by atoms with Crippen LogP contribution < -0.4 is 0 Å². The van der Waals surface area contributed by atoms with Crippen molar-refractivity contribution in [2.24, 2.45) is 0 Å². The fraction of sp³-hybridized carbons (Fsp3) is 0.500. The zero-order chi connectivity index (χ0) is 15.2. The third-order valence-corrected chi connectivity index (χ3v) is 5.31. The van der Waals surface area contributed by atoms with E-state index in [2.05, 4.69) is 51.4 Å². The molecule has 1 aliphatic rings. The highest BCUT2D eigenvalue weighted by molar-refractivity contribution is 7.09. The van der Waals surface area contributed by atoms with E-state index >= 15 is 0 Å². The number of hydrogen-bond acceptors (Lipinski definition) is 4. The van der Waals surface area contributed by atoms with E-state index in [4.69, 9.17) is 0 Å². The Morgan fingerprint density at radius 3 is 2.95 bits per heavy atom. The number of thiophene rings is 1. The molecule has 2 aromatic rings. The van der Waals surface area contributed by atoms with Gasteiger partial charge in [0.25, 0.3) is 0 Å². The Morgan fingerprint density at radius 1 is 1.27 bits per heavy atom. The maximum atomic E-state index is 4.51. The zero-order valence-electron chi connectivity index (χ0n) is 13.3. The Hall–Kier alpha value is -1.23. The molecule has 0 amide bonds. The van der Waals surface area contributed by atoms with Crippen molar-refractivity contribution in [1.29, 1.82) is 0 Å². The van der Waals surface area contributed by atoms with Crippen LogP contribution in [0.1, 0.15) is 30.3 Å². The van der Waals surface area contributed by atoms with Crippen molar-refractivity contribution >= 4 is 11.3 Å². The molecule has 1 fully saturated rings. The lowest BCUT2D eigenvalue weighted by atomic mass is 10.2. The van der Waals surface area contributed by atoms with E-state index in [1.54, 1.807) is 0 Å². The van der Waals surface area contributed by atoms with E-state index in [1.807, 2.05) is 23.6 Å². The van der Waals surface area contributed by atoms with Crippen LogP contribution in [0.15, 0.2) is 41.9 Å². The number of rotatable bonds is 7. The SMILES string of the molecule is CCN1CCCC1CN(Cc1ccccn1)Cc1cccs1. The molecule has 1 aliphatic heterocycles. The van der Waals surface area contributed by atoms with Crippen molar-refractivity contribution in [3.8, 4) is 0 Å². The fourth-order valence-electron chi connectivity index (χ4n) is 3.34. The van der Waals surface area contributed by atoms with E-state index < -0.39 is 0 Å². The minimum atomic E-state index is 0.702. The molecule has 0 bridgehead atoms. The molecule has 3 nitrogen and oxygen atoms in total. The van der Waals surface area contributed by atoms with Crippen LogP contribution >= 0.6 is 11.3 Å². The summed E-state index contributed by atoms with van der Waals surface area (Å²) < 4.78 is 0. The summed E-state index contributed by atoms with van der Waals surface area (Å²) in [5.74, 6) is 0. The standard InChI is InChI=1S/C18H25N3S/c1-2-21-11-5-8-17(21)14-20(15-18-9-6-12-22-18)13-16-7-3-4-10-19-16/h3-4,6-7,9-10,12,17H,2,5,8,11,13-15H2,1H3. The summed E-state index contributed by atoms with van der Waals surface area (Å²) >= 11 is 1.85. The number of likely N-dealkylation sites (tertiary alicyclic amines) is 1. The Morgan fingerprint density at radius 2 is 2.23 bits per heavy atom. The molecule has 2 aromatic heterocycles. The Balaban J connectivity index is 1.68. The molecule has 22 heavy (non-hydrogen) atoms. The molecule has 0 aliphatic carbocycles. The lowest BCUT2D eigenvalue weighted by Crippen LogP contribution is -2.39. The monoisotopic (exact) mass is 315 g/mol. The van der Waals surface area contributed by atoms with Crippen LogP contribution in [0.4, 0.5) is 0 Å². The highest BCUT2D eigenvalue weighted by atomic mass is 32.1. The highest BCUT2D eigenvalue weighted by Gasteiger charge is 2.25. The van der Waals surface area contributed by atoms with Gasteiger partial charge in [0.1, 0.15) is 0 Å². The quantitative estimate of drug-likeness (QED) is 0.778. The predicted octanol–water partition coefficient (Wildman–Crippen LogP) is 3.63. The zero-order valence-corrected chi connectivity index (χ0v) is 14.1. The van der Waals surface area contributed by atoms with E-state index in [9.17, 15) is 0 Å². The molecule has 0 aromatic carbocycles. The number of hydrogen-bond donors (Lipinski definition) is 0. The molecule has 3 heterocycles. The molecular formula is C18H25N3S.